The van der Waals surface area contributed by atoms with E-state index >= 15 is 0 Å². The number of likely N-dealkylation sites (N-methyl/N-ethyl adjacent to an activating group) is 1. The largest absolute Gasteiger partial charge is 0.497 e. The van der Waals surface area contributed by atoms with E-state index in [1.807, 2.05) is 18.2 Å². The molecular weight excluding hydrogens is 242 g/mol. The van der Waals surface area contributed by atoms with Crippen molar-refractivity contribution in [2.24, 2.45) is 0 Å². The van der Waals surface area contributed by atoms with Crippen LogP contribution in [0.2, 0.25) is 0 Å². The zero-order valence-electron chi connectivity index (χ0n) is 11.7. The number of methoxy groups -OCH3 is 2. The van der Waals surface area contributed by atoms with Crippen LogP contribution in [0.4, 0.5) is 0 Å². The molecule has 0 saturated heterocycles. The predicted molar refractivity (Wildman–Crippen MR) is 74.6 cm³/mol. The smallest absolute Gasteiger partial charge is 0.124 e. The van der Waals surface area contributed by atoms with Gasteiger partial charge in [0.15, 0.2) is 0 Å². The third-order valence-electron chi connectivity index (χ3n) is 3.17. The van der Waals surface area contributed by atoms with Crippen LogP contribution in [-0.4, -0.2) is 27.4 Å². The van der Waals surface area contributed by atoms with E-state index in [0.29, 0.717) is 0 Å². The molecule has 4 nitrogen and oxygen atoms in total. The second-order valence-corrected chi connectivity index (χ2v) is 4.34. The fraction of sp³-hybridized carbons (Fsp3) is 0.467. The minimum absolute atomic E-state index is 0.0116. The molecular formula is C15H21NO3. The summed E-state index contributed by atoms with van der Waals surface area (Å²) < 4.78 is 16.5. The number of hydrogen-bond acceptors (Lipinski definition) is 4. The van der Waals surface area contributed by atoms with Crippen LogP contribution < -0.4 is 14.8 Å². The summed E-state index contributed by atoms with van der Waals surface area (Å²) in [6, 6.07) is 5.83. The Morgan fingerprint density at radius 3 is 2.74 bits per heavy atom. The van der Waals surface area contributed by atoms with Gasteiger partial charge in [-0.15, -0.1) is 0 Å². The summed E-state index contributed by atoms with van der Waals surface area (Å²) in [5.74, 6) is 2.62. The van der Waals surface area contributed by atoms with Crippen molar-refractivity contribution in [3.05, 3.63) is 35.6 Å². The molecule has 4 heteroatoms. The standard InChI is InChI=1S/C15H21NO3/c1-4-16-15(14-6-5-9-19-14)12-10-11(17-2)7-8-13(12)18-3/h6-8,10,15-16H,4-5,9H2,1-3H3. The highest BCUT2D eigenvalue weighted by Crippen LogP contribution is 2.35. The summed E-state index contributed by atoms with van der Waals surface area (Å²) in [4.78, 5) is 0. The Bertz CT molecular complexity index is 457. The lowest BCUT2D eigenvalue weighted by atomic mass is 10.0. The first kappa shape index (κ1) is 13.7. The van der Waals surface area contributed by atoms with Gasteiger partial charge in [-0.05, 0) is 30.8 Å². The van der Waals surface area contributed by atoms with Crippen LogP contribution in [0, 0.1) is 0 Å². The van der Waals surface area contributed by atoms with Gasteiger partial charge in [0, 0.05) is 12.0 Å². The summed E-state index contributed by atoms with van der Waals surface area (Å²) in [5, 5.41) is 3.44. The molecule has 1 atom stereocenters. The van der Waals surface area contributed by atoms with Crippen LogP contribution in [0.1, 0.15) is 24.9 Å². The molecule has 1 aliphatic heterocycles. The molecule has 1 N–H and O–H groups in total. The van der Waals surface area contributed by atoms with E-state index in [0.717, 1.165) is 42.4 Å². The van der Waals surface area contributed by atoms with Crippen LogP contribution in [0.15, 0.2) is 30.0 Å². The van der Waals surface area contributed by atoms with E-state index in [1.54, 1.807) is 14.2 Å². The Labute approximate surface area is 114 Å². The van der Waals surface area contributed by atoms with Gasteiger partial charge in [-0.3, -0.25) is 0 Å². The van der Waals surface area contributed by atoms with Gasteiger partial charge in [0.25, 0.3) is 0 Å². The Balaban J connectivity index is 2.38. The van der Waals surface area contributed by atoms with Crippen molar-refractivity contribution in [1.82, 2.24) is 5.32 Å². The molecule has 19 heavy (non-hydrogen) atoms. The second kappa shape index (κ2) is 6.48. The van der Waals surface area contributed by atoms with Gasteiger partial charge in [0.1, 0.15) is 17.3 Å². The van der Waals surface area contributed by atoms with Gasteiger partial charge < -0.3 is 19.5 Å². The Kier molecular flexibility index (Phi) is 4.68. The van der Waals surface area contributed by atoms with E-state index in [2.05, 4.69) is 18.3 Å². The topological polar surface area (TPSA) is 39.7 Å². The maximum atomic E-state index is 5.70. The van der Waals surface area contributed by atoms with Gasteiger partial charge in [-0.1, -0.05) is 6.92 Å². The fourth-order valence-corrected chi connectivity index (χ4v) is 2.27. The molecule has 1 aromatic carbocycles. The number of nitrogens with one attached hydrogen (secondary N) is 1. The lowest BCUT2D eigenvalue weighted by Crippen LogP contribution is -2.23. The van der Waals surface area contributed by atoms with Gasteiger partial charge >= 0.3 is 0 Å². The molecule has 0 saturated carbocycles. The van der Waals surface area contributed by atoms with E-state index < -0.39 is 0 Å². The zero-order chi connectivity index (χ0) is 13.7. The third kappa shape index (κ3) is 3.01. The Hall–Kier alpha value is -1.68. The summed E-state index contributed by atoms with van der Waals surface area (Å²) >= 11 is 0. The van der Waals surface area contributed by atoms with Gasteiger partial charge in [-0.2, -0.15) is 0 Å². The lowest BCUT2D eigenvalue weighted by molar-refractivity contribution is 0.214. The average Bonchev–Trinajstić information content (AvgIpc) is 2.98. The molecule has 0 bridgehead atoms. The van der Waals surface area contributed by atoms with Crippen molar-refractivity contribution in [1.29, 1.82) is 0 Å². The first-order valence-corrected chi connectivity index (χ1v) is 6.58. The molecule has 1 aromatic rings. The summed E-state index contributed by atoms with van der Waals surface area (Å²) in [7, 11) is 3.34. The number of benzene rings is 1. The van der Waals surface area contributed by atoms with Crippen molar-refractivity contribution in [2.75, 3.05) is 27.4 Å². The summed E-state index contributed by atoms with van der Waals surface area (Å²) in [5.41, 5.74) is 1.04. The highest BCUT2D eigenvalue weighted by atomic mass is 16.5. The normalized spacial score (nSPS) is 15.6. The first-order chi connectivity index (χ1) is 9.30. The van der Waals surface area contributed by atoms with Gasteiger partial charge in [0.2, 0.25) is 0 Å². The molecule has 0 radical (unpaired) electrons. The maximum absolute atomic E-state index is 5.70. The Morgan fingerprint density at radius 2 is 2.16 bits per heavy atom. The fourth-order valence-electron chi connectivity index (χ4n) is 2.27. The van der Waals surface area contributed by atoms with Crippen molar-refractivity contribution in [3.63, 3.8) is 0 Å². The average molecular weight is 263 g/mol. The number of hydrogen-bond donors (Lipinski definition) is 1. The molecule has 0 spiro atoms. The molecule has 0 amide bonds. The molecule has 1 unspecified atom stereocenters. The Morgan fingerprint density at radius 1 is 1.32 bits per heavy atom. The SMILES string of the molecule is CCNC(C1=CCCO1)c1cc(OC)ccc1OC. The van der Waals surface area contributed by atoms with Gasteiger partial charge in [-0.25, -0.2) is 0 Å². The van der Waals surface area contributed by atoms with Crippen LogP contribution in [0.5, 0.6) is 11.5 Å². The van der Waals surface area contributed by atoms with Crippen molar-refractivity contribution >= 4 is 0 Å². The van der Waals surface area contributed by atoms with Crippen molar-refractivity contribution in [3.8, 4) is 11.5 Å². The third-order valence-corrected chi connectivity index (χ3v) is 3.17. The molecule has 0 aliphatic carbocycles. The van der Waals surface area contributed by atoms with Crippen LogP contribution in [-0.2, 0) is 4.74 Å². The molecule has 2 rings (SSSR count). The summed E-state index contributed by atoms with van der Waals surface area (Å²) in [6.45, 7) is 3.68. The molecule has 0 aromatic heterocycles. The highest BCUT2D eigenvalue weighted by Gasteiger charge is 2.23. The zero-order valence-corrected chi connectivity index (χ0v) is 11.7. The maximum Gasteiger partial charge on any atom is 0.124 e. The molecule has 1 aliphatic rings. The molecule has 0 fully saturated rings. The number of rotatable bonds is 6. The van der Waals surface area contributed by atoms with Crippen LogP contribution in [0.3, 0.4) is 0 Å². The van der Waals surface area contributed by atoms with Crippen LogP contribution >= 0.6 is 0 Å². The van der Waals surface area contributed by atoms with E-state index in [9.17, 15) is 0 Å². The van der Waals surface area contributed by atoms with Crippen molar-refractivity contribution < 1.29 is 14.2 Å². The second-order valence-electron chi connectivity index (χ2n) is 4.34. The minimum atomic E-state index is 0.0116. The monoisotopic (exact) mass is 263 g/mol. The quantitative estimate of drug-likeness (QED) is 0.856. The van der Waals surface area contributed by atoms with Crippen molar-refractivity contribution in [2.45, 2.75) is 19.4 Å². The molecule has 1 heterocycles. The van der Waals surface area contributed by atoms with E-state index in [-0.39, 0.29) is 6.04 Å². The minimum Gasteiger partial charge on any atom is -0.497 e. The molecule has 104 valence electrons. The first-order valence-electron chi connectivity index (χ1n) is 6.58. The lowest BCUT2D eigenvalue weighted by Gasteiger charge is -2.22. The van der Waals surface area contributed by atoms with E-state index in [4.69, 9.17) is 14.2 Å². The predicted octanol–water partition coefficient (Wildman–Crippen LogP) is 2.66. The highest BCUT2D eigenvalue weighted by molar-refractivity contribution is 5.44. The summed E-state index contributed by atoms with van der Waals surface area (Å²) in [6.07, 6.45) is 3.09. The van der Waals surface area contributed by atoms with Gasteiger partial charge in [0.05, 0.1) is 26.9 Å². The number of ether oxygens (including phenoxy) is 3. The van der Waals surface area contributed by atoms with E-state index in [1.165, 1.54) is 0 Å². The van der Waals surface area contributed by atoms with Crippen LogP contribution in [0.25, 0.3) is 0 Å².